The molecule has 2 fully saturated rings. The van der Waals surface area contributed by atoms with Crippen molar-refractivity contribution in [2.75, 3.05) is 32.8 Å². The number of aromatic amines is 1. The molecule has 0 bridgehead atoms. The average Bonchev–Trinajstić information content (AvgIpc) is 3.59. The number of alkyl halides is 1. The van der Waals surface area contributed by atoms with Crippen LogP contribution in [0, 0.1) is 12.3 Å². The number of ether oxygens (including phenoxy) is 1. The number of β-amino-alcohol motifs (C(OH)–C–C–N with tert-alkyl or cyclic N) is 1. The van der Waals surface area contributed by atoms with E-state index in [1.807, 2.05) is 61.8 Å². The first kappa shape index (κ1) is 51.9. The molecule has 374 valence electrons. The topological polar surface area (TPSA) is 181 Å². The summed E-state index contributed by atoms with van der Waals surface area (Å²) in [6, 6.07) is 20.5. The number of carbonyl (C=O) groups is 4. The highest BCUT2D eigenvalue weighted by atomic mass is 32.1. The highest BCUT2D eigenvalue weighted by Crippen LogP contribution is 2.40. The van der Waals surface area contributed by atoms with Crippen molar-refractivity contribution in [1.29, 1.82) is 0 Å². The lowest BCUT2D eigenvalue weighted by Crippen LogP contribution is -2.59. The number of unbranched alkanes of at least 4 members (excludes halogenated alkanes) is 2. The Bertz CT molecular complexity index is 2600. The molecule has 0 radical (unpaired) electrons. The number of benzene rings is 3. The van der Waals surface area contributed by atoms with Crippen LogP contribution in [0.1, 0.15) is 101 Å². The Labute approximate surface area is 414 Å². The molecule has 1 aliphatic heterocycles. The van der Waals surface area contributed by atoms with E-state index in [4.69, 9.17) is 4.74 Å². The van der Waals surface area contributed by atoms with Gasteiger partial charge >= 0.3 is 0 Å². The summed E-state index contributed by atoms with van der Waals surface area (Å²) >= 11 is 1.54. The monoisotopic (exact) mass is 977 g/mol. The molecule has 3 aromatic carbocycles. The number of rotatable bonds is 24. The van der Waals surface area contributed by atoms with E-state index in [2.05, 4.69) is 72.9 Å². The van der Waals surface area contributed by atoms with Crippen LogP contribution in [-0.4, -0.2) is 105 Å². The van der Waals surface area contributed by atoms with Crippen molar-refractivity contribution in [3.63, 3.8) is 0 Å². The van der Waals surface area contributed by atoms with Crippen molar-refractivity contribution in [2.24, 2.45) is 5.41 Å². The Balaban J connectivity index is 0.967. The number of aliphatic hydroxyl groups is 1. The molecule has 0 spiro atoms. The number of thiazole rings is 1. The molecule has 5 aromatic rings. The molecule has 14 nitrogen and oxygen atoms in total. The van der Waals surface area contributed by atoms with Crippen molar-refractivity contribution in [1.82, 2.24) is 41.3 Å². The lowest BCUT2D eigenvalue weighted by molar-refractivity contribution is -0.145. The third kappa shape index (κ3) is 13.9. The maximum absolute atomic E-state index is 14.7. The predicted octanol–water partition coefficient (Wildman–Crippen LogP) is 7.55. The Morgan fingerprint density at radius 3 is 2.56 bits per heavy atom. The summed E-state index contributed by atoms with van der Waals surface area (Å²) < 4.78 is 21.2. The Kier molecular flexibility index (Phi) is 17.6. The number of hydrogen-bond acceptors (Lipinski definition) is 10. The minimum atomic E-state index is -1.97. The molecule has 4 amide bonds. The van der Waals surface area contributed by atoms with Gasteiger partial charge in [-0.1, -0.05) is 82.3 Å². The van der Waals surface area contributed by atoms with E-state index in [0.717, 1.165) is 84.5 Å². The van der Waals surface area contributed by atoms with Gasteiger partial charge in [-0.25, -0.2) is 14.8 Å². The van der Waals surface area contributed by atoms with Gasteiger partial charge in [0.1, 0.15) is 17.8 Å². The standard InChI is InChI=1S/C54H69FN8O6S/c1-6-25-59-61-47(65)21-18-37-14-16-38(17-15-37)33-62(27-22-40-31-56-44-13-9-8-12-43(40)44)26-10-7-11-28-69-46-29-39(48-36(2)58-35-70-48)19-20-41(46)32-57-50(66)45-30-42(64)34-63(45)51(67)49(53(3,4)5)60-52(68)54(55)23-24-54/h8-9,12-21,29,31,35,42,45,49,56,59,64H,6-7,10-11,22-28,30,32-34H2,1-5H3,(H,57,66)(H,60,68)(H,61,65)/b21-18+/t42-,45+,49-/m1/s1. The highest BCUT2D eigenvalue weighted by Gasteiger charge is 2.53. The Hall–Kier alpha value is -5.94. The summed E-state index contributed by atoms with van der Waals surface area (Å²) in [5, 5.41) is 17.6. The molecule has 3 atom stereocenters. The fraction of sp³-hybridized carbons (Fsp3) is 0.463. The first-order chi connectivity index (χ1) is 33.6. The number of amides is 4. The molecule has 1 saturated heterocycles. The van der Waals surface area contributed by atoms with Crippen molar-refractivity contribution in [2.45, 2.75) is 123 Å². The smallest absolute Gasteiger partial charge is 0.258 e. The Morgan fingerprint density at radius 2 is 1.83 bits per heavy atom. The molecule has 3 heterocycles. The van der Waals surface area contributed by atoms with E-state index in [1.165, 1.54) is 27.5 Å². The number of halogens is 1. The molecule has 70 heavy (non-hydrogen) atoms. The van der Waals surface area contributed by atoms with Crippen LogP contribution < -0.4 is 26.2 Å². The number of hydrogen-bond donors (Lipinski definition) is 6. The molecule has 2 aliphatic rings. The van der Waals surface area contributed by atoms with E-state index in [0.29, 0.717) is 18.9 Å². The van der Waals surface area contributed by atoms with Crippen LogP contribution in [0.15, 0.2) is 84.5 Å². The minimum Gasteiger partial charge on any atom is -0.493 e. The summed E-state index contributed by atoms with van der Waals surface area (Å²) in [6.07, 6.45) is 9.29. The summed E-state index contributed by atoms with van der Waals surface area (Å²) in [6.45, 7) is 13.1. The van der Waals surface area contributed by atoms with Crippen LogP contribution in [0.25, 0.3) is 27.4 Å². The van der Waals surface area contributed by atoms with E-state index >= 15 is 0 Å². The zero-order valence-corrected chi connectivity index (χ0v) is 41.9. The fourth-order valence-corrected chi connectivity index (χ4v) is 9.54. The van der Waals surface area contributed by atoms with Crippen molar-refractivity contribution in [3.8, 4) is 16.2 Å². The lowest BCUT2D eigenvalue weighted by Gasteiger charge is -2.35. The number of H-pyrrole nitrogens is 1. The molecular formula is C54H69FN8O6S. The summed E-state index contributed by atoms with van der Waals surface area (Å²) in [4.78, 5) is 65.5. The van der Waals surface area contributed by atoms with Crippen molar-refractivity contribution >= 4 is 51.9 Å². The van der Waals surface area contributed by atoms with E-state index in [9.17, 15) is 28.7 Å². The van der Waals surface area contributed by atoms with Gasteiger partial charge in [-0.3, -0.25) is 29.5 Å². The van der Waals surface area contributed by atoms with Crippen molar-refractivity contribution < 1.29 is 33.4 Å². The molecule has 0 unspecified atom stereocenters. The van der Waals surface area contributed by atoms with Gasteiger partial charge in [-0.15, -0.1) is 11.3 Å². The number of likely N-dealkylation sites (tertiary alicyclic amines) is 1. The number of aromatic nitrogens is 2. The van der Waals surface area contributed by atoms with Gasteiger partial charge in [-0.05, 0) is 104 Å². The number of carbonyl (C=O) groups excluding carboxylic acids is 4. The van der Waals surface area contributed by atoms with Gasteiger partial charge in [0.25, 0.3) is 11.8 Å². The number of hydrazine groups is 1. The van der Waals surface area contributed by atoms with Gasteiger partial charge in [0.2, 0.25) is 11.8 Å². The summed E-state index contributed by atoms with van der Waals surface area (Å²) in [5.74, 6) is -1.36. The lowest BCUT2D eigenvalue weighted by atomic mass is 9.85. The molecule has 16 heteroatoms. The van der Waals surface area contributed by atoms with Gasteiger partial charge in [0, 0.05) is 67.9 Å². The number of aryl methyl sites for hydroxylation is 1. The largest absolute Gasteiger partial charge is 0.493 e. The second-order valence-electron chi connectivity index (χ2n) is 19.7. The first-order valence-electron chi connectivity index (χ1n) is 24.6. The number of para-hydroxylation sites is 1. The van der Waals surface area contributed by atoms with Crippen LogP contribution in [-0.2, 0) is 38.7 Å². The summed E-state index contributed by atoms with van der Waals surface area (Å²) in [5.41, 5.74) is 11.8. The van der Waals surface area contributed by atoms with Crippen molar-refractivity contribution in [3.05, 3.63) is 112 Å². The second kappa shape index (κ2) is 23.8. The predicted molar refractivity (Wildman–Crippen MR) is 273 cm³/mol. The molecule has 2 aromatic heterocycles. The van der Waals surface area contributed by atoms with Gasteiger partial charge < -0.3 is 30.4 Å². The van der Waals surface area contributed by atoms with E-state index in [1.54, 1.807) is 32.1 Å². The molecule has 1 aliphatic carbocycles. The zero-order chi connectivity index (χ0) is 49.8. The fourth-order valence-electron chi connectivity index (χ4n) is 8.74. The molecular weight excluding hydrogens is 908 g/mol. The van der Waals surface area contributed by atoms with Crippen LogP contribution in [0.2, 0.25) is 0 Å². The molecule has 6 N–H and O–H groups in total. The third-order valence-corrected chi connectivity index (χ3v) is 14.0. The van der Waals surface area contributed by atoms with Gasteiger partial charge in [-0.2, -0.15) is 0 Å². The second-order valence-corrected chi connectivity index (χ2v) is 20.6. The number of nitrogens with one attached hydrogen (secondary N) is 5. The van der Waals surface area contributed by atoms with Gasteiger partial charge in [0.15, 0.2) is 5.67 Å². The SMILES string of the molecule is CCCNNC(=O)/C=C/c1ccc(CN(CCCCCOc2cc(-c3scnc3C)ccc2CNC(=O)[C@@H]2C[C@@H](O)CN2C(=O)[C@@H](NC(=O)C2(F)CC2)C(C)(C)C)CCc2c[nH]c3ccccc23)cc1. The number of aliphatic hydroxyl groups excluding tert-OH is 1. The maximum atomic E-state index is 14.7. The van der Waals surface area contributed by atoms with E-state index < -0.39 is 47.0 Å². The quantitative estimate of drug-likeness (QED) is 0.0207. The van der Waals surface area contributed by atoms with Crippen LogP contribution in [0.4, 0.5) is 4.39 Å². The minimum absolute atomic E-state index is 0.0333. The molecule has 7 rings (SSSR count). The highest BCUT2D eigenvalue weighted by molar-refractivity contribution is 7.13. The van der Waals surface area contributed by atoms with Crippen LogP contribution in [0.5, 0.6) is 5.75 Å². The Morgan fingerprint density at radius 1 is 1.04 bits per heavy atom. The average molecular weight is 977 g/mol. The summed E-state index contributed by atoms with van der Waals surface area (Å²) in [7, 11) is 0. The normalized spacial score (nSPS) is 17.0. The number of nitrogens with zero attached hydrogens (tertiary/aromatic N) is 3. The zero-order valence-electron chi connectivity index (χ0n) is 41.1. The molecule has 1 saturated carbocycles. The first-order valence-corrected chi connectivity index (χ1v) is 25.5. The number of fused-ring (bicyclic) bond motifs is 1. The van der Waals surface area contributed by atoms with Crippen LogP contribution >= 0.6 is 11.3 Å². The van der Waals surface area contributed by atoms with Crippen LogP contribution in [0.3, 0.4) is 0 Å². The maximum Gasteiger partial charge on any atom is 0.258 e. The van der Waals surface area contributed by atoms with Gasteiger partial charge in [0.05, 0.1) is 28.8 Å². The third-order valence-electron chi connectivity index (χ3n) is 13.0. The van der Waals surface area contributed by atoms with E-state index in [-0.39, 0.29) is 38.3 Å².